The number of hydrogen-bond donors (Lipinski definition) is 0. The molecule has 2 heterocycles. The molecule has 0 spiro atoms. The molecular formula is C31H30N4. The summed E-state index contributed by atoms with van der Waals surface area (Å²) in [5, 5.41) is 0. The molecule has 0 N–H and O–H groups in total. The lowest BCUT2D eigenvalue weighted by molar-refractivity contribution is 0.681. The lowest BCUT2D eigenvalue weighted by Crippen LogP contribution is -2.00. The molecule has 0 aliphatic heterocycles. The second-order valence-corrected chi connectivity index (χ2v) is 8.84. The number of benzene rings is 3. The maximum atomic E-state index is 4.91. The van der Waals surface area contributed by atoms with E-state index in [0.29, 0.717) is 0 Å². The number of rotatable bonds is 9. The molecule has 5 rings (SSSR count). The second kappa shape index (κ2) is 10.9. The van der Waals surface area contributed by atoms with Crippen LogP contribution in [0.15, 0.2) is 103 Å². The van der Waals surface area contributed by atoms with Gasteiger partial charge in [-0.15, -0.1) is 0 Å². The summed E-state index contributed by atoms with van der Waals surface area (Å²) in [5.74, 6) is 0.773. The van der Waals surface area contributed by atoms with Crippen LogP contribution < -0.4 is 0 Å². The Balaban J connectivity index is 1.26. The summed E-state index contributed by atoms with van der Waals surface area (Å²) in [5.41, 5.74) is 7.74. The van der Waals surface area contributed by atoms with Crippen LogP contribution in [0.4, 0.5) is 0 Å². The van der Waals surface area contributed by atoms with Crippen LogP contribution in [-0.2, 0) is 13.5 Å². The first kappa shape index (κ1) is 22.7. The first-order valence-corrected chi connectivity index (χ1v) is 12.3. The van der Waals surface area contributed by atoms with Crippen LogP contribution in [0.3, 0.4) is 0 Å². The number of imidazole rings is 1. The van der Waals surface area contributed by atoms with Crippen molar-refractivity contribution in [2.24, 2.45) is 7.05 Å². The van der Waals surface area contributed by atoms with Crippen LogP contribution in [-0.4, -0.2) is 19.5 Å². The quantitative estimate of drug-likeness (QED) is 0.218. The van der Waals surface area contributed by atoms with Gasteiger partial charge in [-0.25, -0.2) is 15.0 Å². The molecule has 0 aliphatic rings. The molecule has 0 atom stereocenters. The summed E-state index contributed by atoms with van der Waals surface area (Å²) in [6.07, 6.45) is 9.55. The molecule has 4 heteroatoms. The van der Waals surface area contributed by atoms with Crippen molar-refractivity contribution in [1.82, 2.24) is 19.5 Å². The predicted molar refractivity (Wildman–Crippen MR) is 144 cm³/mol. The molecule has 0 fully saturated rings. The third-order valence-electron chi connectivity index (χ3n) is 6.30. The van der Waals surface area contributed by atoms with Gasteiger partial charge in [-0.05, 0) is 42.4 Å². The molecule has 174 valence electrons. The van der Waals surface area contributed by atoms with Gasteiger partial charge in [0.25, 0.3) is 0 Å². The lowest BCUT2D eigenvalue weighted by atomic mass is 9.96. The Morgan fingerprint density at radius 1 is 0.743 bits per heavy atom. The Bertz CT molecular complexity index is 1360. The van der Waals surface area contributed by atoms with E-state index in [1.54, 1.807) is 0 Å². The zero-order valence-corrected chi connectivity index (χ0v) is 20.1. The maximum absolute atomic E-state index is 4.91. The Kier molecular flexibility index (Phi) is 7.09. The number of nitrogens with zero attached hydrogens (tertiary/aromatic N) is 4. The van der Waals surface area contributed by atoms with Crippen LogP contribution in [0.25, 0.3) is 28.1 Å². The van der Waals surface area contributed by atoms with Gasteiger partial charge in [0.2, 0.25) is 0 Å². The topological polar surface area (TPSA) is 43.6 Å². The number of aryl methyl sites for hydroxylation is 2. The maximum Gasteiger partial charge on any atom is 0.163 e. The molecule has 3 aromatic carbocycles. The Morgan fingerprint density at radius 2 is 1.37 bits per heavy atom. The number of allylic oxidation sites excluding steroid dienone is 1. The second-order valence-electron chi connectivity index (χ2n) is 8.84. The fraction of sp³-hybridized carbons (Fsp3) is 0.194. The van der Waals surface area contributed by atoms with Crippen molar-refractivity contribution < 1.29 is 0 Å². The summed E-state index contributed by atoms with van der Waals surface area (Å²) in [6, 6.07) is 31.5. The zero-order chi connectivity index (χ0) is 23.9. The van der Waals surface area contributed by atoms with Crippen LogP contribution in [0.5, 0.6) is 0 Å². The first-order chi connectivity index (χ1) is 17.3. The van der Waals surface area contributed by atoms with Crippen molar-refractivity contribution in [3.05, 3.63) is 120 Å². The molecule has 2 aromatic heterocycles. The summed E-state index contributed by atoms with van der Waals surface area (Å²) in [7, 11) is 1.99. The highest BCUT2D eigenvalue weighted by molar-refractivity contribution is 5.79. The Morgan fingerprint density at radius 3 is 2.03 bits per heavy atom. The van der Waals surface area contributed by atoms with Crippen molar-refractivity contribution in [2.75, 3.05) is 0 Å². The highest BCUT2D eigenvalue weighted by Crippen LogP contribution is 2.25. The van der Waals surface area contributed by atoms with Crippen LogP contribution in [0.2, 0.25) is 0 Å². The summed E-state index contributed by atoms with van der Waals surface area (Å²) in [6.45, 7) is 0. The summed E-state index contributed by atoms with van der Waals surface area (Å²) >= 11 is 0. The van der Waals surface area contributed by atoms with E-state index in [9.17, 15) is 0 Å². The third kappa shape index (κ3) is 5.38. The van der Waals surface area contributed by atoms with Gasteiger partial charge in [0.1, 0.15) is 5.52 Å². The van der Waals surface area contributed by atoms with Gasteiger partial charge in [-0.1, -0.05) is 103 Å². The van der Waals surface area contributed by atoms with E-state index in [-0.39, 0.29) is 0 Å². The average molecular weight is 459 g/mol. The summed E-state index contributed by atoms with van der Waals surface area (Å²) < 4.78 is 1.98. The van der Waals surface area contributed by atoms with Gasteiger partial charge in [-0.3, -0.25) is 0 Å². The molecule has 0 amide bonds. The van der Waals surface area contributed by atoms with Crippen molar-refractivity contribution >= 4 is 16.7 Å². The van der Waals surface area contributed by atoms with Gasteiger partial charge in [0.05, 0.1) is 12.0 Å². The Labute approximate surface area is 207 Å². The van der Waals surface area contributed by atoms with Crippen molar-refractivity contribution in [3.63, 3.8) is 0 Å². The van der Waals surface area contributed by atoms with Crippen LogP contribution >= 0.6 is 0 Å². The fourth-order valence-electron chi connectivity index (χ4n) is 4.45. The van der Waals surface area contributed by atoms with E-state index in [4.69, 9.17) is 9.97 Å². The minimum atomic E-state index is 0.773. The normalized spacial score (nSPS) is 11.0. The van der Waals surface area contributed by atoms with Gasteiger partial charge in [-0.2, -0.15) is 0 Å². The largest absolute Gasteiger partial charge is 0.318 e. The molecule has 0 bridgehead atoms. The molecule has 0 saturated carbocycles. The minimum absolute atomic E-state index is 0.773. The first-order valence-electron chi connectivity index (χ1n) is 12.3. The molecular weight excluding hydrogens is 428 g/mol. The SMILES string of the molecule is Cn1cnc2c(CCCCCC=C(c3ccccc3)c3ccccc3)nc(-c3ccccc3)nc21. The number of unbranched alkanes of at least 4 members (excludes halogenated alkanes) is 3. The zero-order valence-electron chi connectivity index (χ0n) is 20.1. The van der Waals surface area contributed by atoms with Crippen LogP contribution in [0, 0.1) is 0 Å². The third-order valence-corrected chi connectivity index (χ3v) is 6.30. The van der Waals surface area contributed by atoms with Gasteiger partial charge < -0.3 is 4.57 Å². The Hall–Kier alpha value is -4.05. The number of hydrogen-bond acceptors (Lipinski definition) is 3. The predicted octanol–water partition coefficient (Wildman–Crippen LogP) is 7.27. The monoisotopic (exact) mass is 458 g/mol. The highest BCUT2D eigenvalue weighted by atomic mass is 15.1. The van der Waals surface area contributed by atoms with Crippen LogP contribution in [0.1, 0.15) is 42.5 Å². The van der Waals surface area contributed by atoms with E-state index < -0.39 is 0 Å². The number of aromatic nitrogens is 4. The summed E-state index contributed by atoms with van der Waals surface area (Å²) in [4.78, 5) is 14.3. The van der Waals surface area contributed by atoms with Crippen molar-refractivity contribution in [2.45, 2.75) is 32.1 Å². The van der Waals surface area contributed by atoms with E-state index in [2.05, 4.69) is 83.9 Å². The molecule has 5 aromatic rings. The lowest BCUT2D eigenvalue weighted by Gasteiger charge is -2.09. The molecule has 0 radical (unpaired) electrons. The van der Waals surface area contributed by atoms with Gasteiger partial charge in [0, 0.05) is 12.6 Å². The molecule has 0 unspecified atom stereocenters. The van der Waals surface area contributed by atoms with E-state index in [0.717, 1.165) is 60.3 Å². The molecule has 0 saturated heterocycles. The standard InChI is InChI=1S/C31H30N4/c1-35-23-32-29-28(33-30(34-31(29)35)26-19-11-6-12-20-26)22-14-3-2-13-21-27(24-15-7-4-8-16-24)25-17-9-5-10-18-25/h4-12,15-21,23H,2-3,13-14,22H2,1H3. The smallest absolute Gasteiger partial charge is 0.163 e. The van der Waals surface area contributed by atoms with E-state index >= 15 is 0 Å². The molecule has 4 nitrogen and oxygen atoms in total. The fourth-order valence-corrected chi connectivity index (χ4v) is 4.45. The van der Waals surface area contributed by atoms with E-state index in [1.165, 1.54) is 16.7 Å². The van der Waals surface area contributed by atoms with Gasteiger partial charge >= 0.3 is 0 Å². The van der Waals surface area contributed by atoms with Gasteiger partial charge in [0.15, 0.2) is 11.5 Å². The molecule has 35 heavy (non-hydrogen) atoms. The average Bonchev–Trinajstić information content (AvgIpc) is 3.30. The number of fused-ring (bicyclic) bond motifs is 1. The van der Waals surface area contributed by atoms with E-state index in [1.807, 2.05) is 36.1 Å². The highest BCUT2D eigenvalue weighted by Gasteiger charge is 2.13. The van der Waals surface area contributed by atoms with Crippen molar-refractivity contribution in [3.8, 4) is 11.4 Å². The minimum Gasteiger partial charge on any atom is -0.318 e. The molecule has 0 aliphatic carbocycles. The van der Waals surface area contributed by atoms with Crippen molar-refractivity contribution in [1.29, 1.82) is 0 Å².